The van der Waals surface area contributed by atoms with Crippen molar-refractivity contribution in [2.45, 2.75) is 37.1 Å². The van der Waals surface area contributed by atoms with E-state index in [0.717, 1.165) is 19.3 Å². The molecule has 3 heterocycles. The van der Waals surface area contributed by atoms with Crippen molar-refractivity contribution >= 4 is 5.91 Å². The van der Waals surface area contributed by atoms with Gasteiger partial charge in [0, 0.05) is 18.0 Å². The summed E-state index contributed by atoms with van der Waals surface area (Å²) in [7, 11) is 1.36. The molecule has 1 aromatic carbocycles. The Morgan fingerprint density at radius 3 is 2.52 bits per heavy atom. The maximum Gasteiger partial charge on any atom is 0.522 e. The fourth-order valence-corrected chi connectivity index (χ4v) is 4.48. The summed E-state index contributed by atoms with van der Waals surface area (Å²) in [4.78, 5) is 19.1. The summed E-state index contributed by atoms with van der Waals surface area (Å²) in [5, 5.41) is 0. The van der Waals surface area contributed by atoms with Crippen LogP contribution in [0.1, 0.15) is 35.3 Å². The van der Waals surface area contributed by atoms with Crippen molar-refractivity contribution in [1.82, 2.24) is 9.88 Å². The molecule has 3 aliphatic rings. The van der Waals surface area contributed by atoms with Crippen molar-refractivity contribution in [3.63, 3.8) is 0 Å². The minimum absolute atomic E-state index is 0.0436. The molecule has 0 atom stereocenters. The summed E-state index contributed by atoms with van der Waals surface area (Å²) in [5.41, 5.74) is 1.70. The molecule has 166 valence electrons. The lowest BCUT2D eigenvalue weighted by Gasteiger charge is -2.57. The molecular weight excluding hydrogens is 413 g/mol. The number of amides is 1. The first-order valence-electron chi connectivity index (χ1n) is 10.1. The maximum atomic E-state index is 13.0. The van der Waals surface area contributed by atoms with Crippen LogP contribution in [0.15, 0.2) is 42.5 Å². The van der Waals surface area contributed by atoms with Gasteiger partial charge in [-0.05, 0) is 37.0 Å². The third-order valence-corrected chi connectivity index (χ3v) is 6.02. The second-order valence-corrected chi connectivity index (χ2v) is 7.80. The molecule has 2 aromatic rings. The zero-order valence-corrected chi connectivity index (χ0v) is 17.0. The number of benzene rings is 1. The van der Waals surface area contributed by atoms with Crippen LogP contribution in [0, 0.1) is 0 Å². The number of carbonyl (C=O) groups is 1. The third-order valence-electron chi connectivity index (χ3n) is 6.02. The Bertz CT molecular complexity index is 925. The number of rotatable bonds is 7. The van der Waals surface area contributed by atoms with E-state index in [9.17, 15) is 18.0 Å². The van der Waals surface area contributed by atoms with Crippen LogP contribution in [0.4, 0.5) is 13.2 Å². The van der Waals surface area contributed by atoms with Crippen LogP contribution in [0.2, 0.25) is 0 Å². The first-order valence-corrected chi connectivity index (χ1v) is 10.1. The quantitative estimate of drug-likeness (QED) is 0.615. The molecule has 1 aliphatic carbocycles. The lowest BCUT2D eigenvalue weighted by Crippen LogP contribution is -2.61. The standard InChI is InChI=1S/C22H23F3N2O4/c1-29-19-18(30-11-12-31-22(23,24)25)8-7-17(26-19)20(28)27-10-9-21(13-16(27)14-21)15-5-3-2-4-6-15/h2-8,16H,9-14H2,1H3. The molecular formula is C22H23F3N2O4. The number of halogens is 3. The highest BCUT2D eigenvalue weighted by Crippen LogP contribution is 2.52. The molecule has 2 bridgehead atoms. The summed E-state index contributed by atoms with van der Waals surface area (Å²) < 4.78 is 50.2. The number of piperidine rings is 2. The summed E-state index contributed by atoms with van der Waals surface area (Å²) in [6.07, 6.45) is -1.95. The van der Waals surface area contributed by atoms with E-state index in [1.807, 2.05) is 23.1 Å². The fourth-order valence-electron chi connectivity index (χ4n) is 4.48. The Labute approximate surface area is 177 Å². The van der Waals surface area contributed by atoms with Crippen LogP contribution < -0.4 is 9.47 Å². The van der Waals surface area contributed by atoms with Gasteiger partial charge in [0.05, 0.1) is 13.7 Å². The Morgan fingerprint density at radius 1 is 1.16 bits per heavy atom. The Balaban J connectivity index is 1.38. The number of carbonyl (C=O) groups excluding carboxylic acids is 1. The molecule has 9 heteroatoms. The van der Waals surface area contributed by atoms with Gasteiger partial charge in [-0.15, -0.1) is 13.2 Å². The Hall–Kier alpha value is -2.81. The molecule has 6 nitrogen and oxygen atoms in total. The van der Waals surface area contributed by atoms with Crippen molar-refractivity contribution < 1.29 is 32.2 Å². The predicted octanol–water partition coefficient (Wildman–Crippen LogP) is 3.95. The lowest BCUT2D eigenvalue weighted by molar-refractivity contribution is -0.325. The Morgan fingerprint density at radius 2 is 1.90 bits per heavy atom. The lowest BCUT2D eigenvalue weighted by atomic mass is 9.57. The van der Waals surface area contributed by atoms with Gasteiger partial charge in [-0.2, -0.15) is 0 Å². The maximum absolute atomic E-state index is 13.0. The highest BCUT2D eigenvalue weighted by Gasteiger charge is 2.52. The summed E-state index contributed by atoms with van der Waals surface area (Å²) in [6.45, 7) is -0.345. The van der Waals surface area contributed by atoms with Crippen LogP contribution in [0.25, 0.3) is 0 Å². The molecule has 2 saturated heterocycles. The van der Waals surface area contributed by atoms with Crippen molar-refractivity contribution in [3.05, 3.63) is 53.7 Å². The molecule has 5 rings (SSSR count). The van der Waals surface area contributed by atoms with Crippen molar-refractivity contribution in [3.8, 4) is 11.6 Å². The molecule has 31 heavy (non-hydrogen) atoms. The van der Waals surface area contributed by atoms with Gasteiger partial charge in [-0.1, -0.05) is 30.3 Å². The smallest absolute Gasteiger partial charge is 0.486 e. The van der Waals surface area contributed by atoms with Gasteiger partial charge in [0.2, 0.25) is 0 Å². The number of hydrogen-bond acceptors (Lipinski definition) is 5. The molecule has 1 saturated carbocycles. The van der Waals surface area contributed by atoms with Gasteiger partial charge >= 0.3 is 6.36 Å². The van der Waals surface area contributed by atoms with Gasteiger partial charge in [-0.25, -0.2) is 4.98 Å². The van der Waals surface area contributed by atoms with Crippen molar-refractivity contribution in [2.24, 2.45) is 0 Å². The fraction of sp³-hybridized carbons (Fsp3) is 0.455. The summed E-state index contributed by atoms with van der Waals surface area (Å²) in [6, 6.07) is 13.6. The first-order chi connectivity index (χ1) is 14.8. The molecule has 0 unspecified atom stereocenters. The number of fused-ring (bicyclic) bond motifs is 2. The normalized spacial score (nSPS) is 22.6. The molecule has 0 radical (unpaired) electrons. The van der Waals surface area contributed by atoms with Crippen molar-refractivity contribution in [1.29, 1.82) is 0 Å². The molecule has 0 spiro atoms. The first kappa shape index (κ1) is 21.4. The minimum Gasteiger partial charge on any atom is -0.486 e. The van der Waals surface area contributed by atoms with E-state index in [0.29, 0.717) is 6.54 Å². The van der Waals surface area contributed by atoms with E-state index in [4.69, 9.17) is 9.47 Å². The van der Waals surface area contributed by atoms with Crippen LogP contribution in [-0.2, 0) is 10.2 Å². The van der Waals surface area contributed by atoms with Crippen LogP contribution in [0.3, 0.4) is 0 Å². The zero-order valence-electron chi connectivity index (χ0n) is 17.0. The van der Waals surface area contributed by atoms with Crippen LogP contribution >= 0.6 is 0 Å². The van der Waals surface area contributed by atoms with E-state index in [-0.39, 0.29) is 41.3 Å². The second kappa shape index (κ2) is 8.37. The van der Waals surface area contributed by atoms with E-state index >= 15 is 0 Å². The van der Waals surface area contributed by atoms with Crippen LogP contribution in [0.5, 0.6) is 11.6 Å². The number of alkyl halides is 3. The number of nitrogens with zero attached hydrogens (tertiary/aromatic N) is 2. The summed E-state index contributed by atoms with van der Waals surface area (Å²) >= 11 is 0. The largest absolute Gasteiger partial charge is 0.522 e. The van der Waals surface area contributed by atoms with Gasteiger partial charge in [0.1, 0.15) is 12.3 Å². The predicted molar refractivity (Wildman–Crippen MR) is 105 cm³/mol. The Kier molecular flexibility index (Phi) is 5.79. The van der Waals surface area contributed by atoms with Gasteiger partial charge in [-0.3, -0.25) is 9.53 Å². The number of hydrogen-bond donors (Lipinski definition) is 0. The average molecular weight is 436 g/mol. The van der Waals surface area contributed by atoms with Crippen molar-refractivity contribution in [2.75, 3.05) is 26.9 Å². The molecule has 2 aliphatic heterocycles. The van der Waals surface area contributed by atoms with Gasteiger partial charge in [0.15, 0.2) is 5.75 Å². The van der Waals surface area contributed by atoms with Gasteiger partial charge < -0.3 is 14.4 Å². The van der Waals surface area contributed by atoms with E-state index in [1.165, 1.54) is 24.8 Å². The highest BCUT2D eigenvalue weighted by atomic mass is 19.4. The minimum atomic E-state index is -4.71. The highest BCUT2D eigenvalue weighted by molar-refractivity contribution is 5.93. The molecule has 1 aromatic heterocycles. The number of pyridine rings is 1. The van der Waals surface area contributed by atoms with Gasteiger partial charge in [0.25, 0.3) is 11.8 Å². The van der Waals surface area contributed by atoms with E-state index in [2.05, 4.69) is 21.9 Å². The second-order valence-electron chi connectivity index (χ2n) is 7.80. The molecule has 3 fully saturated rings. The average Bonchev–Trinajstić information content (AvgIpc) is 2.75. The van der Waals surface area contributed by atoms with E-state index in [1.54, 1.807) is 0 Å². The number of methoxy groups -OCH3 is 1. The topological polar surface area (TPSA) is 60.9 Å². The summed E-state index contributed by atoms with van der Waals surface area (Å²) in [5.74, 6) is 0.00827. The SMILES string of the molecule is COc1nc(C(=O)N2CCC3(c4ccccc4)CC2C3)ccc1OCCOC(F)(F)F. The van der Waals surface area contributed by atoms with Crippen LogP contribution in [-0.4, -0.2) is 55.1 Å². The number of aromatic nitrogens is 1. The molecule has 1 amide bonds. The van der Waals surface area contributed by atoms with E-state index < -0.39 is 13.0 Å². The third kappa shape index (κ3) is 4.46. The monoisotopic (exact) mass is 436 g/mol. The number of ether oxygens (including phenoxy) is 3. The zero-order chi connectivity index (χ0) is 22.1. The molecule has 0 N–H and O–H groups in total.